The molecular formula is C23H28O6. The maximum atomic E-state index is 12.5. The lowest BCUT2D eigenvalue weighted by Gasteiger charge is -2.20. The third-order valence-electron chi connectivity index (χ3n) is 4.05. The lowest BCUT2D eigenvalue weighted by molar-refractivity contribution is -0.155. The van der Waals surface area contributed by atoms with Crippen LogP contribution >= 0.6 is 0 Å². The van der Waals surface area contributed by atoms with Crippen LogP contribution in [-0.4, -0.2) is 38.4 Å². The van der Waals surface area contributed by atoms with Gasteiger partial charge < -0.3 is 18.9 Å². The molecule has 29 heavy (non-hydrogen) atoms. The normalized spacial score (nSPS) is 11.9. The van der Waals surface area contributed by atoms with Gasteiger partial charge in [-0.15, -0.1) is 0 Å². The fraction of sp³-hybridized carbons (Fsp3) is 0.391. The van der Waals surface area contributed by atoms with E-state index >= 15 is 0 Å². The Bertz CT molecular complexity index is 921. The molecular weight excluding hydrogens is 372 g/mol. The van der Waals surface area contributed by atoms with E-state index in [0.29, 0.717) is 11.3 Å². The summed E-state index contributed by atoms with van der Waals surface area (Å²) in [5.41, 5.74) is 0.204. The number of fused-ring (bicyclic) bond motifs is 1. The Hall–Kier alpha value is -3.02. The molecule has 0 aliphatic heterocycles. The van der Waals surface area contributed by atoms with Crippen LogP contribution < -0.4 is 9.47 Å². The number of rotatable bonds is 7. The molecule has 156 valence electrons. The lowest BCUT2D eigenvalue weighted by Crippen LogP contribution is -2.25. The van der Waals surface area contributed by atoms with Crippen molar-refractivity contribution < 1.29 is 28.5 Å². The van der Waals surface area contributed by atoms with Crippen LogP contribution in [0.5, 0.6) is 11.5 Å². The quantitative estimate of drug-likeness (QED) is 0.502. The van der Waals surface area contributed by atoms with Crippen molar-refractivity contribution in [2.45, 2.75) is 39.7 Å². The molecule has 0 heterocycles. The van der Waals surface area contributed by atoms with E-state index in [0.717, 1.165) is 16.5 Å². The van der Waals surface area contributed by atoms with E-state index in [1.54, 1.807) is 48.0 Å². The third kappa shape index (κ3) is 5.73. The molecule has 2 aromatic carbocycles. The molecule has 6 nitrogen and oxygen atoms in total. The molecule has 0 radical (unpaired) electrons. The molecule has 0 spiro atoms. The Morgan fingerprint density at radius 2 is 1.72 bits per heavy atom. The number of methoxy groups -OCH3 is 2. The Kier molecular flexibility index (Phi) is 7.26. The van der Waals surface area contributed by atoms with Crippen LogP contribution in [-0.2, 0) is 19.1 Å². The van der Waals surface area contributed by atoms with E-state index < -0.39 is 17.5 Å². The number of hydrogen-bond acceptors (Lipinski definition) is 6. The number of esters is 2. The van der Waals surface area contributed by atoms with Gasteiger partial charge in [0, 0.05) is 21.9 Å². The number of carbonyl (C=O) groups is 2. The van der Waals surface area contributed by atoms with E-state index in [2.05, 4.69) is 0 Å². The predicted octanol–water partition coefficient (Wildman–Crippen LogP) is 4.54. The summed E-state index contributed by atoms with van der Waals surface area (Å²) in [6, 6.07) is 9.34. The summed E-state index contributed by atoms with van der Waals surface area (Å²) in [7, 11) is 3.16. The van der Waals surface area contributed by atoms with Crippen LogP contribution in [0.1, 0.15) is 39.7 Å². The van der Waals surface area contributed by atoms with Crippen LogP contribution in [0.25, 0.3) is 16.8 Å². The van der Waals surface area contributed by atoms with Crippen molar-refractivity contribution in [2.75, 3.05) is 20.8 Å². The summed E-state index contributed by atoms with van der Waals surface area (Å²) >= 11 is 0. The molecule has 2 aromatic rings. The number of benzene rings is 2. The average molecular weight is 400 g/mol. The van der Waals surface area contributed by atoms with Gasteiger partial charge in [0.1, 0.15) is 17.1 Å². The maximum Gasteiger partial charge on any atom is 0.334 e. The Morgan fingerprint density at radius 3 is 2.31 bits per heavy atom. The topological polar surface area (TPSA) is 71.1 Å². The van der Waals surface area contributed by atoms with E-state index in [1.807, 2.05) is 30.3 Å². The summed E-state index contributed by atoms with van der Waals surface area (Å²) in [5, 5.41) is 1.72. The zero-order chi connectivity index (χ0) is 21.6. The van der Waals surface area contributed by atoms with Crippen molar-refractivity contribution in [3.8, 4) is 11.5 Å². The van der Waals surface area contributed by atoms with Crippen molar-refractivity contribution in [1.29, 1.82) is 0 Å². The van der Waals surface area contributed by atoms with E-state index in [-0.39, 0.29) is 18.6 Å². The number of ether oxygens (including phenoxy) is 4. The highest BCUT2D eigenvalue weighted by Gasteiger charge is 2.22. The minimum atomic E-state index is -0.645. The second kappa shape index (κ2) is 9.45. The van der Waals surface area contributed by atoms with Gasteiger partial charge in [-0.1, -0.05) is 18.2 Å². The SMILES string of the molecule is CCOC(=O)/C(=C/c1ccc2c(OC)cccc2c1OC)CC(=O)OC(C)(C)C. The highest BCUT2D eigenvalue weighted by Crippen LogP contribution is 2.36. The molecule has 0 saturated heterocycles. The summed E-state index contributed by atoms with van der Waals surface area (Å²) in [4.78, 5) is 24.8. The monoisotopic (exact) mass is 400 g/mol. The van der Waals surface area contributed by atoms with Gasteiger partial charge in [0.05, 0.1) is 27.2 Å². The van der Waals surface area contributed by atoms with E-state index in [9.17, 15) is 9.59 Å². The molecule has 2 rings (SSSR count). The van der Waals surface area contributed by atoms with Gasteiger partial charge in [-0.05, 0) is 45.9 Å². The number of carbonyl (C=O) groups excluding carboxylic acids is 2. The van der Waals surface area contributed by atoms with Gasteiger partial charge >= 0.3 is 11.9 Å². The molecule has 0 saturated carbocycles. The molecule has 0 aliphatic rings. The van der Waals surface area contributed by atoms with Crippen LogP contribution in [0.15, 0.2) is 35.9 Å². The largest absolute Gasteiger partial charge is 0.496 e. The Labute approximate surface area is 171 Å². The van der Waals surface area contributed by atoms with Gasteiger partial charge in [-0.3, -0.25) is 4.79 Å². The minimum absolute atomic E-state index is 0.196. The second-order valence-corrected chi connectivity index (χ2v) is 7.40. The number of hydrogen-bond donors (Lipinski definition) is 0. The highest BCUT2D eigenvalue weighted by molar-refractivity contribution is 6.01. The zero-order valence-electron chi connectivity index (χ0n) is 17.8. The Morgan fingerprint density at radius 1 is 1.00 bits per heavy atom. The van der Waals surface area contributed by atoms with Crippen molar-refractivity contribution in [2.24, 2.45) is 0 Å². The van der Waals surface area contributed by atoms with Crippen molar-refractivity contribution in [1.82, 2.24) is 0 Å². The van der Waals surface area contributed by atoms with E-state index in [4.69, 9.17) is 18.9 Å². The molecule has 0 unspecified atom stereocenters. The molecule has 0 fully saturated rings. The molecule has 0 atom stereocenters. The summed E-state index contributed by atoms with van der Waals surface area (Å²) in [6.07, 6.45) is 1.41. The standard InChI is InChI=1S/C23H28O6/c1-7-28-22(25)16(14-20(24)29-23(2,3)4)13-15-11-12-17-18(21(15)27-6)9-8-10-19(17)26-5/h8-13H,7,14H2,1-6H3/b16-13+. The van der Waals surface area contributed by atoms with Gasteiger partial charge in [-0.25, -0.2) is 4.79 Å². The zero-order valence-corrected chi connectivity index (χ0v) is 17.8. The van der Waals surface area contributed by atoms with Gasteiger partial charge in [0.25, 0.3) is 0 Å². The maximum absolute atomic E-state index is 12.5. The van der Waals surface area contributed by atoms with Crippen LogP contribution in [0.3, 0.4) is 0 Å². The van der Waals surface area contributed by atoms with E-state index in [1.165, 1.54) is 0 Å². The van der Waals surface area contributed by atoms with Gasteiger partial charge in [-0.2, -0.15) is 0 Å². The first-order valence-corrected chi connectivity index (χ1v) is 9.43. The first kappa shape index (κ1) is 22.3. The molecule has 6 heteroatoms. The third-order valence-corrected chi connectivity index (χ3v) is 4.05. The molecule has 0 aliphatic carbocycles. The first-order chi connectivity index (χ1) is 13.7. The lowest BCUT2D eigenvalue weighted by atomic mass is 10.0. The van der Waals surface area contributed by atoms with Gasteiger partial charge in [0.2, 0.25) is 0 Å². The van der Waals surface area contributed by atoms with Crippen LogP contribution in [0.2, 0.25) is 0 Å². The van der Waals surface area contributed by atoms with Crippen LogP contribution in [0, 0.1) is 0 Å². The molecule has 0 bridgehead atoms. The predicted molar refractivity (Wildman–Crippen MR) is 112 cm³/mol. The highest BCUT2D eigenvalue weighted by atomic mass is 16.6. The molecule has 0 aromatic heterocycles. The van der Waals surface area contributed by atoms with Crippen molar-refractivity contribution in [3.05, 3.63) is 41.5 Å². The second-order valence-electron chi connectivity index (χ2n) is 7.40. The smallest absolute Gasteiger partial charge is 0.334 e. The fourth-order valence-electron chi connectivity index (χ4n) is 2.96. The summed E-state index contributed by atoms with van der Waals surface area (Å²) in [6.45, 7) is 7.25. The fourth-order valence-corrected chi connectivity index (χ4v) is 2.96. The average Bonchev–Trinajstić information content (AvgIpc) is 2.65. The molecule has 0 amide bonds. The Balaban J connectivity index is 2.52. The van der Waals surface area contributed by atoms with Crippen molar-refractivity contribution in [3.63, 3.8) is 0 Å². The minimum Gasteiger partial charge on any atom is -0.496 e. The summed E-state index contributed by atoms with van der Waals surface area (Å²) in [5.74, 6) is 0.229. The van der Waals surface area contributed by atoms with Crippen molar-refractivity contribution >= 4 is 28.8 Å². The molecule has 0 N–H and O–H groups in total. The summed E-state index contributed by atoms with van der Waals surface area (Å²) < 4.78 is 21.5. The first-order valence-electron chi connectivity index (χ1n) is 9.43. The van der Waals surface area contributed by atoms with Gasteiger partial charge in [0.15, 0.2) is 0 Å². The van der Waals surface area contributed by atoms with Crippen LogP contribution in [0.4, 0.5) is 0 Å².